The van der Waals surface area contributed by atoms with E-state index in [4.69, 9.17) is 9.47 Å². The van der Waals surface area contributed by atoms with E-state index in [9.17, 15) is 4.79 Å². The minimum atomic E-state index is -0.494. The van der Waals surface area contributed by atoms with E-state index < -0.39 is 5.60 Å². The highest BCUT2D eigenvalue weighted by molar-refractivity contribution is 5.68. The molecule has 5 heteroatoms. The number of methoxy groups -OCH3 is 1. The minimum Gasteiger partial charge on any atom is -0.497 e. The Kier molecular flexibility index (Phi) is 5.88. The molecule has 1 heterocycles. The van der Waals surface area contributed by atoms with Crippen LogP contribution in [0.4, 0.5) is 4.79 Å². The lowest BCUT2D eigenvalue weighted by Gasteiger charge is -2.36. The number of rotatable bonds is 4. The van der Waals surface area contributed by atoms with Crippen LogP contribution in [0.2, 0.25) is 0 Å². The number of nitrogens with one attached hydrogen (secondary N) is 1. The van der Waals surface area contributed by atoms with E-state index in [2.05, 4.69) is 5.32 Å². The standard InChI is InChI=1S/C18H28N2O3/c1-18(2,3)23-17(21)20(15-8-6-10-19-12-15)13-14-7-5-9-16(11-14)22-4/h5,7,9,11,15,19H,6,8,10,12-13H2,1-4H3. The van der Waals surface area contributed by atoms with Crippen molar-refractivity contribution in [1.82, 2.24) is 10.2 Å². The minimum absolute atomic E-state index is 0.157. The zero-order valence-electron chi connectivity index (χ0n) is 14.6. The van der Waals surface area contributed by atoms with E-state index >= 15 is 0 Å². The Morgan fingerprint density at radius 3 is 2.78 bits per heavy atom. The molecule has 0 bridgehead atoms. The number of carbonyl (C=O) groups is 1. The van der Waals surface area contributed by atoms with Gasteiger partial charge in [0, 0.05) is 19.1 Å². The molecule has 0 aromatic heterocycles. The van der Waals surface area contributed by atoms with E-state index in [1.54, 1.807) is 7.11 Å². The Hall–Kier alpha value is -1.75. The predicted octanol–water partition coefficient (Wildman–Crippen LogP) is 3.18. The van der Waals surface area contributed by atoms with Crippen molar-refractivity contribution in [2.75, 3.05) is 20.2 Å². The fourth-order valence-electron chi connectivity index (χ4n) is 2.73. The van der Waals surface area contributed by atoms with Crippen molar-refractivity contribution in [1.29, 1.82) is 0 Å². The summed E-state index contributed by atoms with van der Waals surface area (Å²) in [6.45, 7) is 8.04. The third-order valence-corrected chi connectivity index (χ3v) is 3.83. The largest absolute Gasteiger partial charge is 0.497 e. The van der Waals surface area contributed by atoms with Crippen molar-refractivity contribution in [3.05, 3.63) is 29.8 Å². The van der Waals surface area contributed by atoms with Crippen molar-refractivity contribution in [2.45, 2.75) is 51.8 Å². The topological polar surface area (TPSA) is 50.8 Å². The lowest BCUT2D eigenvalue weighted by molar-refractivity contribution is 0.0114. The number of benzene rings is 1. The molecule has 1 fully saturated rings. The molecule has 0 spiro atoms. The van der Waals surface area contributed by atoms with E-state index in [0.29, 0.717) is 6.54 Å². The highest BCUT2D eigenvalue weighted by Gasteiger charge is 2.29. The SMILES string of the molecule is COc1cccc(CN(C(=O)OC(C)(C)C)C2CCCNC2)c1. The molecule has 0 radical (unpaired) electrons. The van der Waals surface area contributed by atoms with Gasteiger partial charge in [-0.1, -0.05) is 12.1 Å². The van der Waals surface area contributed by atoms with Crippen LogP contribution in [0.5, 0.6) is 5.75 Å². The normalized spacial score (nSPS) is 18.3. The quantitative estimate of drug-likeness (QED) is 0.926. The van der Waals surface area contributed by atoms with E-state index in [0.717, 1.165) is 37.2 Å². The summed E-state index contributed by atoms with van der Waals surface area (Å²) >= 11 is 0. The molecule has 0 aliphatic carbocycles. The second-order valence-corrected chi connectivity index (χ2v) is 6.96. The van der Waals surface area contributed by atoms with Gasteiger partial charge in [0.15, 0.2) is 0 Å². The second kappa shape index (κ2) is 7.68. The summed E-state index contributed by atoms with van der Waals surface area (Å²) in [6, 6.07) is 7.98. The van der Waals surface area contributed by atoms with Gasteiger partial charge in [-0.05, 0) is 57.9 Å². The number of amides is 1. The second-order valence-electron chi connectivity index (χ2n) is 6.96. The summed E-state index contributed by atoms with van der Waals surface area (Å²) in [5.74, 6) is 0.799. The number of ether oxygens (including phenoxy) is 2. The fourth-order valence-corrected chi connectivity index (χ4v) is 2.73. The summed E-state index contributed by atoms with van der Waals surface area (Å²) < 4.78 is 10.9. The first-order valence-electron chi connectivity index (χ1n) is 8.22. The van der Waals surface area contributed by atoms with Crippen LogP contribution >= 0.6 is 0 Å². The highest BCUT2D eigenvalue weighted by Crippen LogP contribution is 2.21. The molecule has 1 amide bonds. The Balaban J connectivity index is 2.16. The number of nitrogens with zero attached hydrogens (tertiary/aromatic N) is 1. The molecule has 1 aliphatic rings. The number of hydrogen-bond donors (Lipinski definition) is 1. The van der Waals surface area contributed by atoms with Crippen LogP contribution in [0.1, 0.15) is 39.2 Å². The van der Waals surface area contributed by atoms with Gasteiger partial charge < -0.3 is 14.8 Å². The molecular formula is C18H28N2O3. The average Bonchev–Trinajstić information content (AvgIpc) is 2.52. The van der Waals surface area contributed by atoms with Crippen molar-refractivity contribution < 1.29 is 14.3 Å². The lowest BCUT2D eigenvalue weighted by atomic mass is 10.1. The first-order chi connectivity index (χ1) is 10.9. The molecule has 1 aromatic carbocycles. The Morgan fingerprint density at radius 2 is 2.17 bits per heavy atom. The van der Waals surface area contributed by atoms with Crippen LogP contribution in [-0.4, -0.2) is 42.8 Å². The van der Waals surface area contributed by atoms with Crippen LogP contribution < -0.4 is 10.1 Å². The van der Waals surface area contributed by atoms with Gasteiger partial charge in [-0.3, -0.25) is 4.90 Å². The first-order valence-corrected chi connectivity index (χ1v) is 8.22. The molecule has 1 saturated heterocycles. The maximum Gasteiger partial charge on any atom is 0.410 e. The van der Waals surface area contributed by atoms with Crippen LogP contribution in [0.25, 0.3) is 0 Å². The third kappa shape index (κ3) is 5.43. The molecule has 128 valence electrons. The zero-order valence-corrected chi connectivity index (χ0v) is 14.6. The van der Waals surface area contributed by atoms with Gasteiger partial charge in [-0.2, -0.15) is 0 Å². The van der Waals surface area contributed by atoms with Gasteiger partial charge in [0.2, 0.25) is 0 Å². The van der Waals surface area contributed by atoms with Gasteiger partial charge >= 0.3 is 6.09 Å². The monoisotopic (exact) mass is 320 g/mol. The summed E-state index contributed by atoms with van der Waals surface area (Å²) in [5, 5.41) is 3.37. The van der Waals surface area contributed by atoms with E-state index in [1.165, 1.54) is 0 Å². The summed E-state index contributed by atoms with van der Waals surface area (Å²) in [4.78, 5) is 14.5. The highest BCUT2D eigenvalue weighted by atomic mass is 16.6. The molecular weight excluding hydrogens is 292 g/mol. The zero-order chi connectivity index (χ0) is 16.9. The molecule has 23 heavy (non-hydrogen) atoms. The summed E-state index contributed by atoms with van der Waals surface area (Å²) in [5.41, 5.74) is 0.548. The maximum atomic E-state index is 12.7. The molecule has 1 unspecified atom stereocenters. The third-order valence-electron chi connectivity index (χ3n) is 3.83. The summed E-state index contributed by atoms with van der Waals surface area (Å²) in [6.07, 6.45) is 1.81. The van der Waals surface area contributed by atoms with Gasteiger partial charge in [0.1, 0.15) is 11.4 Å². The molecule has 0 saturated carbocycles. The van der Waals surface area contributed by atoms with Gasteiger partial charge in [-0.25, -0.2) is 4.79 Å². The smallest absolute Gasteiger partial charge is 0.410 e. The van der Waals surface area contributed by atoms with Crippen molar-refractivity contribution in [3.63, 3.8) is 0 Å². The number of carbonyl (C=O) groups excluding carboxylic acids is 1. The van der Waals surface area contributed by atoms with Crippen LogP contribution in [0.3, 0.4) is 0 Å². The number of hydrogen-bond acceptors (Lipinski definition) is 4. The fraction of sp³-hybridized carbons (Fsp3) is 0.611. The van der Waals surface area contributed by atoms with Crippen molar-refractivity contribution in [3.8, 4) is 5.75 Å². The maximum absolute atomic E-state index is 12.7. The molecule has 1 aromatic rings. The molecule has 5 nitrogen and oxygen atoms in total. The Bertz CT molecular complexity index is 519. The molecule has 1 aliphatic heterocycles. The average molecular weight is 320 g/mol. The van der Waals surface area contributed by atoms with Gasteiger partial charge in [0.25, 0.3) is 0 Å². The van der Waals surface area contributed by atoms with Gasteiger partial charge in [0.05, 0.1) is 7.11 Å². The first kappa shape index (κ1) is 17.6. The van der Waals surface area contributed by atoms with Crippen LogP contribution in [0, 0.1) is 0 Å². The van der Waals surface area contributed by atoms with Crippen LogP contribution in [0.15, 0.2) is 24.3 Å². The number of piperidine rings is 1. The van der Waals surface area contributed by atoms with E-state index in [-0.39, 0.29) is 12.1 Å². The van der Waals surface area contributed by atoms with Crippen molar-refractivity contribution in [2.24, 2.45) is 0 Å². The van der Waals surface area contributed by atoms with Gasteiger partial charge in [-0.15, -0.1) is 0 Å². The van der Waals surface area contributed by atoms with Crippen molar-refractivity contribution >= 4 is 6.09 Å². The Labute approximate surface area is 139 Å². The molecule has 1 atom stereocenters. The lowest BCUT2D eigenvalue weighted by Crippen LogP contribution is -2.49. The van der Waals surface area contributed by atoms with E-state index in [1.807, 2.05) is 49.9 Å². The predicted molar refractivity (Wildman–Crippen MR) is 90.7 cm³/mol. The summed E-state index contributed by atoms with van der Waals surface area (Å²) in [7, 11) is 1.65. The molecule has 2 rings (SSSR count). The van der Waals surface area contributed by atoms with Crippen LogP contribution in [-0.2, 0) is 11.3 Å². The molecule has 1 N–H and O–H groups in total. The Morgan fingerprint density at radius 1 is 1.39 bits per heavy atom.